The normalized spacial score (nSPS) is 23.8. The van der Waals surface area contributed by atoms with Crippen molar-refractivity contribution in [3.63, 3.8) is 0 Å². The van der Waals surface area contributed by atoms with Gasteiger partial charge in [0.25, 0.3) is 0 Å². The van der Waals surface area contributed by atoms with Crippen LogP contribution in [0.1, 0.15) is 24.8 Å². The number of nitrogens with zero attached hydrogens (tertiary/aromatic N) is 2. The van der Waals surface area contributed by atoms with E-state index >= 15 is 0 Å². The van der Waals surface area contributed by atoms with Crippen LogP contribution in [-0.2, 0) is 20.9 Å². The van der Waals surface area contributed by atoms with E-state index in [1.165, 1.54) is 13.2 Å². The minimum absolute atomic E-state index is 0.0464. The maximum atomic E-state index is 13.5. The lowest BCUT2D eigenvalue weighted by Gasteiger charge is -2.45. The number of aromatic nitrogens is 1. The molecule has 1 aromatic heterocycles. The number of rotatable bonds is 7. The number of aryl methyl sites for hydroxylation is 1. The molecule has 1 amide bonds. The highest BCUT2D eigenvalue weighted by Gasteiger charge is 2.52. The number of hydrogen-bond acceptors (Lipinski definition) is 5. The van der Waals surface area contributed by atoms with E-state index < -0.39 is 17.6 Å². The van der Waals surface area contributed by atoms with Gasteiger partial charge in [0.05, 0.1) is 31.3 Å². The van der Waals surface area contributed by atoms with Crippen molar-refractivity contribution in [2.45, 2.75) is 31.8 Å². The number of amides is 1. The van der Waals surface area contributed by atoms with Crippen LogP contribution in [0.15, 0.2) is 87.9 Å². The number of hydrogen-bond donors (Lipinski definition) is 0. The molecule has 0 saturated carbocycles. The van der Waals surface area contributed by atoms with Gasteiger partial charge >= 0.3 is 5.63 Å². The summed E-state index contributed by atoms with van der Waals surface area (Å²) in [7, 11) is 1.48. The van der Waals surface area contributed by atoms with Crippen molar-refractivity contribution in [3.05, 3.63) is 94.5 Å². The standard InChI is InChI=1S/C28H28N2O5/c1-18-21-16-23(34-2)27(32)26(25(18)20-12-7-4-8-13-20)29(28(21)33)14-9-15-30-22(17-24(31)35-30)19-10-5-3-6-11-19/h3-8,10-13,16-18,21,25-26H,9,14-15H2,1-2H3/t18-,21-,25-,26-/m0/s1. The second-order valence-electron chi connectivity index (χ2n) is 9.16. The molecule has 35 heavy (non-hydrogen) atoms. The predicted octanol–water partition coefficient (Wildman–Crippen LogP) is 3.86. The highest BCUT2D eigenvalue weighted by Crippen LogP contribution is 2.45. The molecule has 1 fully saturated rings. The highest BCUT2D eigenvalue weighted by molar-refractivity contribution is 6.04. The number of piperidine rings is 1. The Kier molecular flexibility index (Phi) is 6.16. The SMILES string of the molecule is COC1=C[C@@H]2C(=O)N(CCCn3oc(=O)cc3-c3ccccc3)[C@H](C1=O)[C@H](c1ccccc1)[C@H]2C. The van der Waals surface area contributed by atoms with Crippen molar-refractivity contribution in [2.75, 3.05) is 13.7 Å². The summed E-state index contributed by atoms with van der Waals surface area (Å²) in [6.07, 6.45) is 2.22. The number of benzene rings is 2. The zero-order chi connectivity index (χ0) is 24.5. The number of Topliss-reactive ketones (excluding diaryl/α,β-unsaturated/α-hetero) is 1. The van der Waals surface area contributed by atoms with Crippen molar-refractivity contribution < 1.29 is 18.8 Å². The number of ether oxygens (including phenoxy) is 1. The van der Waals surface area contributed by atoms with Crippen molar-refractivity contribution in [2.24, 2.45) is 11.8 Å². The number of ketones is 1. The Hall–Kier alpha value is -3.87. The van der Waals surface area contributed by atoms with Gasteiger partial charge in [-0.05, 0) is 24.0 Å². The Morgan fingerprint density at radius 3 is 2.31 bits per heavy atom. The van der Waals surface area contributed by atoms with Gasteiger partial charge < -0.3 is 14.2 Å². The minimum atomic E-state index is -0.643. The first-order valence-corrected chi connectivity index (χ1v) is 11.9. The molecule has 4 atom stereocenters. The maximum absolute atomic E-state index is 13.5. The third kappa shape index (κ3) is 4.11. The van der Waals surface area contributed by atoms with E-state index in [0.717, 1.165) is 11.1 Å². The predicted molar refractivity (Wildman–Crippen MR) is 130 cm³/mol. The van der Waals surface area contributed by atoms with Crippen LogP contribution in [0.5, 0.6) is 0 Å². The largest absolute Gasteiger partial charge is 0.493 e. The average Bonchev–Trinajstić information content (AvgIpc) is 3.16. The minimum Gasteiger partial charge on any atom is -0.493 e. The molecular formula is C28H28N2O5. The molecular weight excluding hydrogens is 444 g/mol. The molecule has 0 spiro atoms. The lowest BCUT2D eigenvalue weighted by Crippen LogP contribution is -2.56. The smallest absolute Gasteiger partial charge is 0.358 e. The van der Waals surface area contributed by atoms with Crippen LogP contribution < -0.4 is 5.63 Å². The number of carbonyl (C=O) groups excluding carboxylic acids is 2. The van der Waals surface area contributed by atoms with Crippen molar-refractivity contribution >= 4 is 11.7 Å². The van der Waals surface area contributed by atoms with Crippen LogP contribution in [0.4, 0.5) is 0 Å². The van der Waals surface area contributed by atoms with Gasteiger partial charge in [0.1, 0.15) is 6.04 Å². The van der Waals surface area contributed by atoms with Gasteiger partial charge in [-0.2, -0.15) is 0 Å². The summed E-state index contributed by atoms with van der Waals surface area (Å²) in [6, 6.07) is 20.3. The number of fused-ring (bicyclic) bond motifs is 3. The van der Waals surface area contributed by atoms with Crippen LogP contribution in [0.2, 0.25) is 0 Å². The summed E-state index contributed by atoms with van der Waals surface area (Å²) in [4.78, 5) is 40.8. The zero-order valence-corrected chi connectivity index (χ0v) is 19.8. The van der Waals surface area contributed by atoms with Crippen molar-refractivity contribution in [1.29, 1.82) is 0 Å². The summed E-state index contributed by atoms with van der Waals surface area (Å²) in [5.41, 5.74) is 2.19. The molecule has 3 aliphatic rings. The lowest BCUT2D eigenvalue weighted by molar-refractivity contribution is -0.148. The summed E-state index contributed by atoms with van der Waals surface area (Å²) >= 11 is 0. The monoisotopic (exact) mass is 472 g/mol. The quantitative estimate of drug-likeness (QED) is 0.522. The van der Waals surface area contributed by atoms with E-state index in [9.17, 15) is 14.4 Å². The van der Waals surface area contributed by atoms with Crippen molar-refractivity contribution in [3.8, 4) is 11.3 Å². The molecule has 2 aliphatic heterocycles. The molecule has 6 rings (SSSR count). The molecule has 2 bridgehead atoms. The van der Waals surface area contributed by atoms with Crippen LogP contribution in [0, 0.1) is 11.8 Å². The van der Waals surface area contributed by atoms with Gasteiger partial charge in [-0.3, -0.25) is 9.59 Å². The van der Waals surface area contributed by atoms with Crippen molar-refractivity contribution in [1.82, 2.24) is 9.64 Å². The molecule has 3 aromatic rings. The molecule has 0 N–H and O–H groups in total. The van der Waals surface area contributed by atoms with E-state index in [4.69, 9.17) is 9.26 Å². The van der Waals surface area contributed by atoms with E-state index in [1.807, 2.05) is 67.6 Å². The summed E-state index contributed by atoms with van der Waals surface area (Å²) in [5.74, 6) is -0.605. The van der Waals surface area contributed by atoms with Crippen LogP contribution in [0.25, 0.3) is 11.3 Å². The Balaban J connectivity index is 1.42. The fourth-order valence-electron chi connectivity index (χ4n) is 5.51. The summed E-state index contributed by atoms with van der Waals surface area (Å²) in [6.45, 7) is 2.80. The second-order valence-corrected chi connectivity index (χ2v) is 9.16. The third-order valence-corrected chi connectivity index (χ3v) is 7.18. The molecule has 180 valence electrons. The van der Waals surface area contributed by atoms with E-state index in [1.54, 1.807) is 15.7 Å². The molecule has 1 aliphatic carbocycles. The molecule has 7 heteroatoms. The van der Waals surface area contributed by atoms with E-state index in [2.05, 4.69) is 0 Å². The first kappa shape index (κ1) is 22.9. The Morgan fingerprint density at radius 1 is 0.943 bits per heavy atom. The van der Waals surface area contributed by atoms with E-state index in [-0.39, 0.29) is 29.3 Å². The average molecular weight is 473 g/mol. The molecule has 2 aromatic carbocycles. The third-order valence-electron chi connectivity index (χ3n) is 7.18. The molecule has 1 saturated heterocycles. The van der Waals surface area contributed by atoms with E-state index in [0.29, 0.717) is 25.2 Å². The van der Waals surface area contributed by atoms with Gasteiger partial charge in [0.2, 0.25) is 11.7 Å². The topological polar surface area (TPSA) is 81.8 Å². The first-order chi connectivity index (χ1) is 17.0. The molecule has 0 unspecified atom stereocenters. The van der Waals surface area contributed by atoms with Crippen LogP contribution in [-0.4, -0.2) is 41.0 Å². The number of carbonyl (C=O) groups is 2. The van der Waals surface area contributed by atoms with Gasteiger partial charge in [-0.25, -0.2) is 9.53 Å². The highest BCUT2D eigenvalue weighted by atomic mass is 16.5. The van der Waals surface area contributed by atoms with Gasteiger partial charge in [-0.15, -0.1) is 0 Å². The molecule has 0 radical (unpaired) electrons. The zero-order valence-electron chi connectivity index (χ0n) is 19.8. The Labute approximate surface area is 203 Å². The van der Waals surface area contributed by atoms with Crippen LogP contribution in [0.3, 0.4) is 0 Å². The maximum Gasteiger partial charge on any atom is 0.358 e. The molecule has 7 nitrogen and oxygen atoms in total. The van der Waals surface area contributed by atoms with Gasteiger partial charge in [0, 0.05) is 18.0 Å². The lowest BCUT2D eigenvalue weighted by atomic mass is 9.71. The van der Waals surface area contributed by atoms with Gasteiger partial charge in [-0.1, -0.05) is 67.6 Å². The Morgan fingerprint density at radius 2 is 1.63 bits per heavy atom. The molecule has 3 heterocycles. The second kappa shape index (κ2) is 9.41. The fraction of sp³-hybridized carbons (Fsp3) is 0.321. The van der Waals surface area contributed by atoms with Gasteiger partial charge in [0.15, 0.2) is 5.76 Å². The summed E-state index contributed by atoms with van der Waals surface area (Å²) in [5, 5.41) is 0. The Bertz CT molecular complexity index is 1310. The first-order valence-electron chi connectivity index (χ1n) is 11.9. The number of methoxy groups -OCH3 is 1. The fourth-order valence-corrected chi connectivity index (χ4v) is 5.51. The summed E-state index contributed by atoms with van der Waals surface area (Å²) < 4.78 is 12.4. The van der Waals surface area contributed by atoms with Crippen LogP contribution >= 0.6 is 0 Å².